The molecule has 1 unspecified atom stereocenters. The van der Waals surface area contributed by atoms with Crippen molar-refractivity contribution in [3.63, 3.8) is 0 Å². The number of nitrogens with zero attached hydrogens (tertiary/aromatic N) is 4. The number of aromatic nitrogens is 2. The third kappa shape index (κ3) is 3.78. The van der Waals surface area contributed by atoms with E-state index in [1.54, 1.807) is 36.8 Å². The molecular weight excluding hydrogens is 420 g/mol. The van der Waals surface area contributed by atoms with Gasteiger partial charge in [-0.1, -0.05) is 24.3 Å². The quantitative estimate of drug-likeness (QED) is 0.472. The Hall–Kier alpha value is -3.84. The molecule has 0 spiro atoms. The van der Waals surface area contributed by atoms with E-state index in [9.17, 15) is 9.90 Å². The van der Waals surface area contributed by atoms with Gasteiger partial charge in [-0.05, 0) is 48.9 Å². The summed E-state index contributed by atoms with van der Waals surface area (Å²) in [5.41, 5.74) is 4.16. The first kappa shape index (κ1) is 20.1. The van der Waals surface area contributed by atoms with Crippen LogP contribution in [0, 0.1) is 6.92 Å². The fourth-order valence-electron chi connectivity index (χ4n) is 3.81. The van der Waals surface area contributed by atoms with Crippen molar-refractivity contribution in [2.45, 2.75) is 19.4 Å². The van der Waals surface area contributed by atoms with Crippen LogP contribution in [0.3, 0.4) is 0 Å². The molecular formula is C25H20N4O2S. The lowest BCUT2D eigenvalue weighted by atomic mass is 9.98. The minimum atomic E-state index is -0.403. The first-order chi connectivity index (χ1) is 15.6. The molecule has 1 aromatic carbocycles. The van der Waals surface area contributed by atoms with Crippen LogP contribution < -0.4 is 0 Å². The molecule has 6 nitrogen and oxygen atoms in total. The number of phenols is 1. The maximum Gasteiger partial charge on any atom is 0.284 e. The number of hydrogen-bond acceptors (Lipinski definition) is 6. The molecule has 4 heterocycles. The van der Waals surface area contributed by atoms with Crippen molar-refractivity contribution >= 4 is 23.0 Å². The molecule has 0 radical (unpaired) electrons. The molecule has 158 valence electrons. The molecule has 1 atom stereocenters. The van der Waals surface area contributed by atoms with Crippen molar-refractivity contribution in [3.05, 3.63) is 101 Å². The van der Waals surface area contributed by atoms with Gasteiger partial charge in [-0.15, -0.1) is 11.3 Å². The van der Waals surface area contributed by atoms with E-state index in [1.165, 1.54) is 16.3 Å². The van der Waals surface area contributed by atoms with E-state index < -0.39 is 6.04 Å². The van der Waals surface area contributed by atoms with Crippen molar-refractivity contribution in [1.82, 2.24) is 15.0 Å². The fraction of sp³-hybridized carbons (Fsp3) is 0.120. The van der Waals surface area contributed by atoms with E-state index in [2.05, 4.69) is 9.97 Å². The number of hydrazone groups is 1. The molecule has 1 aliphatic heterocycles. The number of rotatable bonds is 4. The number of phenolic OH excluding ortho intramolecular Hbond substituents is 1. The van der Waals surface area contributed by atoms with Crippen molar-refractivity contribution < 1.29 is 9.90 Å². The fourth-order valence-corrected chi connectivity index (χ4v) is 4.72. The first-order valence-corrected chi connectivity index (χ1v) is 11.0. The van der Waals surface area contributed by atoms with Gasteiger partial charge in [0.1, 0.15) is 5.75 Å². The Morgan fingerprint density at radius 1 is 1.09 bits per heavy atom. The van der Waals surface area contributed by atoms with Gasteiger partial charge in [-0.3, -0.25) is 14.8 Å². The maximum atomic E-state index is 13.5. The summed E-state index contributed by atoms with van der Waals surface area (Å²) in [7, 11) is 0. The number of hydrogen-bond donors (Lipinski definition) is 1. The van der Waals surface area contributed by atoms with Crippen LogP contribution in [0.15, 0.2) is 84.4 Å². The first-order valence-electron chi connectivity index (χ1n) is 10.2. The third-order valence-corrected chi connectivity index (χ3v) is 6.45. The molecule has 32 heavy (non-hydrogen) atoms. The lowest BCUT2D eigenvalue weighted by Gasteiger charge is -2.22. The van der Waals surface area contributed by atoms with E-state index >= 15 is 0 Å². The van der Waals surface area contributed by atoms with Crippen LogP contribution in [0.1, 0.15) is 38.8 Å². The van der Waals surface area contributed by atoms with E-state index in [0.29, 0.717) is 16.9 Å². The Labute approximate surface area is 189 Å². The highest BCUT2D eigenvalue weighted by Gasteiger charge is 2.35. The largest absolute Gasteiger partial charge is 0.508 e. The van der Waals surface area contributed by atoms with E-state index in [-0.39, 0.29) is 11.7 Å². The number of carbonyl (C=O) groups is 1. The van der Waals surface area contributed by atoms with E-state index in [0.717, 1.165) is 27.4 Å². The van der Waals surface area contributed by atoms with Gasteiger partial charge in [0.2, 0.25) is 0 Å². The summed E-state index contributed by atoms with van der Waals surface area (Å²) in [6.07, 6.45) is 5.77. The van der Waals surface area contributed by atoms with Crippen LogP contribution in [0.5, 0.6) is 5.75 Å². The number of para-hydroxylation sites is 1. The number of aromatic hydroxyl groups is 1. The van der Waals surface area contributed by atoms with E-state index in [4.69, 9.17) is 5.10 Å². The molecule has 0 saturated carbocycles. The zero-order chi connectivity index (χ0) is 22.1. The smallest absolute Gasteiger partial charge is 0.284 e. The molecule has 1 N–H and O–H groups in total. The van der Waals surface area contributed by atoms with Crippen molar-refractivity contribution in [2.75, 3.05) is 0 Å². The lowest BCUT2D eigenvalue weighted by Crippen LogP contribution is -2.26. The van der Waals surface area contributed by atoms with Gasteiger partial charge in [-0.25, -0.2) is 5.01 Å². The second-order valence-electron chi connectivity index (χ2n) is 7.60. The van der Waals surface area contributed by atoms with Crippen LogP contribution in [0.2, 0.25) is 0 Å². The van der Waals surface area contributed by atoms with Crippen LogP contribution >= 0.6 is 11.3 Å². The lowest BCUT2D eigenvalue weighted by molar-refractivity contribution is 0.0714. The van der Waals surface area contributed by atoms with Gasteiger partial charge >= 0.3 is 0 Å². The minimum absolute atomic E-state index is 0.148. The van der Waals surface area contributed by atoms with Crippen molar-refractivity contribution in [1.29, 1.82) is 0 Å². The summed E-state index contributed by atoms with van der Waals surface area (Å²) in [4.78, 5) is 23.7. The number of amides is 1. The Kier molecular flexibility index (Phi) is 5.25. The second-order valence-corrected chi connectivity index (χ2v) is 8.69. The monoisotopic (exact) mass is 440 g/mol. The molecule has 0 saturated heterocycles. The summed E-state index contributed by atoms with van der Waals surface area (Å²) >= 11 is 1.38. The molecule has 0 aliphatic carbocycles. The summed E-state index contributed by atoms with van der Waals surface area (Å²) in [6, 6.07) is 18.1. The number of aryl methyl sites for hydroxylation is 1. The highest BCUT2D eigenvalue weighted by molar-refractivity contribution is 7.17. The Bertz CT molecular complexity index is 1320. The number of carbonyl (C=O) groups excluding carboxylic acids is 1. The Morgan fingerprint density at radius 2 is 1.94 bits per heavy atom. The summed E-state index contributed by atoms with van der Waals surface area (Å²) in [5, 5.41) is 16.7. The molecule has 3 aromatic heterocycles. The Morgan fingerprint density at radius 3 is 2.72 bits per heavy atom. The summed E-state index contributed by atoms with van der Waals surface area (Å²) in [5.74, 6) is -0.0597. The van der Waals surface area contributed by atoms with Gasteiger partial charge in [0, 0.05) is 36.1 Å². The van der Waals surface area contributed by atoms with Gasteiger partial charge in [-0.2, -0.15) is 5.10 Å². The van der Waals surface area contributed by atoms with Gasteiger partial charge in [0.25, 0.3) is 5.91 Å². The number of thiophene rings is 1. The summed E-state index contributed by atoms with van der Waals surface area (Å²) in [6.45, 7) is 1.97. The number of benzene rings is 1. The third-order valence-electron chi connectivity index (χ3n) is 5.36. The second kappa shape index (κ2) is 8.36. The highest BCUT2D eigenvalue weighted by atomic mass is 32.1. The van der Waals surface area contributed by atoms with Gasteiger partial charge < -0.3 is 5.11 Å². The topological polar surface area (TPSA) is 78.7 Å². The molecule has 0 bridgehead atoms. The van der Waals surface area contributed by atoms with Gasteiger partial charge in [0.15, 0.2) is 0 Å². The van der Waals surface area contributed by atoms with Crippen molar-refractivity contribution in [3.8, 4) is 16.3 Å². The van der Waals surface area contributed by atoms with Crippen LogP contribution in [-0.4, -0.2) is 31.7 Å². The van der Waals surface area contributed by atoms with Crippen LogP contribution in [0.4, 0.5) is 0 Å². The highest BCUT2D eigenvalue weighted by Crippen LogP contribution is 2.39. The summed E-state index contributed by atoms with van der Waals surface area (Å²) < 4.78 is 0. The zero-order valence-corrected chi connectivity index (χ0v) is 18.2. The normalized spacial score (nSPS) is 15.6. The molecule has 4 aromatic rings. The molecule has 1 amide bonds. The molecule has 1 aliphatic rings. The van der Waals surface area contributed by atoms with Crippen LogP contribution in [-0.2, 0) is 0 Å². The maximum absolute atomic E-state index is 13.5. The van der Waals surface area contributed by atoms with E-state index in [1.807, 2.05) is 49.4 Å². The predicted molar refractivity (Wildman–Crippen MR) is 125 cm³/mol. The van der Waals surface area contributed by atoms with Crippen LogP contribution in [0.25, 0.3) is 10.6 Å². The standard InChI is InChI=1S/C25H20N4O2S/c1-16-12-17(15-26-14-16)20-13-21(18-6-2-3-8-22(18)30)29(28-20)25(31)24-10-9-23(32-24)19-7-4-5-11-27-19/h2-12,14-15,21,30H,13H2,1H3. The SMILES string of the molecule is Cc1cncc(C2=NN(C(=O)c3ccc(-c4ccccn4)s3)C(c3ccccc3O)C2)c1. The molecule has 0 fully saturated rings. The van der Waals surface area contributed by atoms with Gasteiger partial charge in [0.05, 0.1) is 27.2 Å². The predicted octanol–water partition coefficient (Wildman–Crippen LogP) is 5.21. The molecule has 7 heteroatoms. The Balaban J connectivity index is 1.53. The average Bonchev–Trinajstić information content (AvgIpc) is 3.48. The minimum Gasteiger partial charge on any atom is -0.508 e. The zero-order valence-electron chi connectivity index (χ0n) is 17.3. The average molecular weight is 441 g/mol. The van der Waals surface area contributed by atoms with Crippen molar-refractivity contribution in [2.24, 2.45) is 5.10 Å². The molecule has 5 rings (SSSR count). The number of pyridine rings is 2.